The number of nitrogens with one attached hydrogen (secondary N) is 1. The van der Waals surface area contributed by atoms with Crippen LogP contribution in [0.1, 0.15) is 56.9 Å². The largest absolute Gasteiger partial charge is 0.497 e. The lowest BCUT2D eigenvalue weighted by atomic mass is 9.86. The molecule has 1 N–H and O–H groups in total. The Hall–Kier alpha value is -1.86. The van der Waals surface area contributed by atoms with Crippen LogP contribution in [0.3, 0.4) is 0 Å². The summed E-state index contributed by atoms with van der Waals surface area (Å²) in [5, 5.41) is 10.2. The maximum absolute atomic E-state index is 5.91. The molecule has 152 valence electrons. The highest BCUT2D eigenvalue weighted by molar-refractivity contribution is 7.80. The standard InChI is InChI=1S/C21H29N3O3S/c1-25-18-9-5-6-16(14-18)19-15-21(27-23-19)10-12-24(13-11-21)26-20(28)22-17-7-3-2-4-8-17/h5-6,9,14,17H,2-4,7-8,10-13,15H2,1H3,(H,22,28). The molecule has 0 amide bonds. The molecule has 1 spiro atoms. The smallest absolute Gasteiger partial charge is 0.278 e. The van der Waals surface area contributed by atoms with Gasteiger partial charge >= 0.3 is 0 Å². The summed E-state index contributed by atoms with van der Waals surface area (Å²) in [6, 6.07) is 8.45. The molecule has 6 nitrogen and oxygen atoms in total. The van der Waals surface area contributed by atoms with Crippen LogP contribution in [0.2, 0.25) is 0 Å². The lowest BCUT2D eigenvalue weighted by molar-refractivity contribution is -0.145. The van der Waals surface area contributed by atoms with E-state index in [0.29, 0.717) is 11.2 Å². The van der Waals surface area contributed by atoms with Crippen molar-refractivity contribution in [2.24, 2.45) is 5.16 Å². The van der Waals surface area contributed by atoms with Crippen molar-refractivity contribution in [2.75, 3.05) is 20.2 Å². The Morgan fingerprint density at radius 3 is 2.79 bits per heavy atom. The Balaban J connectivity index is 1.25. The van der Waals surface area contributed by atoms with Crippen LogP contribution in [0.4, 0.5) is 0 Å². The van der Waals surface area contributed by atoms with Crippen molar-refractivity contribution in [3.63, 3.8) is 0 Å². The monoisotopic (exact) mass is 403 g/mol. The van der Waals surface area contributed by atoms with Gasteiger partial charge in [0.05, 0.1) is 12.8 Å². The van der Waals surface area contributed by atoms with Crippen molar-refractivity contribution < 1.29 is 14.4 Å². The number of thiocarbonyl (C=S) groups is 1. The Bertz CT molecular complexity index is 725. The van der Waals surface area contributed by atoms with Gasteiger partial charge in [-0.3, -0.25) is 0 Å². The highest BCUT2D eigenvalue weighted by Gasteiger charge is 2.43. The van der Waals surface area contributed by atoms with E-state index in [0.717, 1.165) is 49.4 Å². The predicted molar refractivity (Wildman–Crippen MR) is 112 cm³/mol. The minimum absolute atomic E-state index is 0.226. The van der Waals surface area contributed by atoms with E-state index in [4.69, 9.17) is 26.6 Å². The summed E-state index contributed by atoms with van der Waals surface area (Å²) >= 11 is 5.41. The van der Waals surface area contributed by atoms with Gasteiger partial charge in [0.25, 0.3) is 5.17 Å². The number of hydroxylamine groups is 2. The van der Waals surface area contributed by atoms with Crippen LogP contribution in [0.15, 0.2) is 29.4 Å². The van der Waals surface area contributed by atoms with Crippen LogP contribution < -0.4 is 10.1 Å². The number of hydrogen-bond donors (Lipinski definition) is 1. The molecule has 2 aliphatic heterocycles. The summed E-state index contributed by atoms with van der Waals surface area (Å²) in [6.07, 6.45) is 8.82. The number of oxime groups is 1. The van der Waals surface area contributed by atoms with Crippen molar-refractivity contribution in [3.8, 4) is 5.75 Å². The number of benzene rings is 1. The van der Waals surface area contributed by atoms with Gasteiger partial charge in [0, 0.05) is 44.0 Å². The molecule has 7 heteroatoms. The van der Waals surface area contributed by atoms with Crippen LogP contribution in [0.25, 0.3) is 0 Å². The Kier molecular flexibility index (Phi) is 6.01. The first kappa shape index (κ1) is 19.5. The molecule has 1 saturated carbocycles. The molecule has 4 rings (SSSR count). The van der Waals surface area contributed by atoms with E-state index < -0.39 is 0 Å². The molecule has 0 radical (unpaired) electrons. The van der Waals surface area contributed by atoms with E-state index in [1.165, 1.54) is 32.1 Å². The van der Waals surface area contributed by atoms with Gasteiger partial charge in [-0.25, -0.2) is 0 Å². The van der Waals surface area contributed by atoms with Gasteiger partial charge in [0.15, 0.2) is 0 Å². The van der Waals surface area contributed by atoms with Crippen LogP contribution in [-0.4, -0.2) is 47.8 Å². The molecule has 2 fully saturated rings. The van der Waals surface area contributed by atoms with Crippen LogP contribution in [0.5, 0.6) is 5.75 Å². The number of methoxy groups -OCH3 is 1. The third-order valence-corrected chi connectivity index (χ3v) is 6.21. The lowest BCUT2D eigenvalue weighted by Gasteiger charge is -2.36. The molecular weight excluding hydrogens is 374 g/mol. The number of nitrogens with zero attached hydrogens (tertiary/aromatic N) is 2. The first-order valence-corrected chi connectivity index (χ1v) is 10.7. The van der Waals surface area contributed by atoms with Gasteiger partial charge in [0.2, 0.25) is 0 Å². The van der Waals surface area contributed by atoms with E-state index in [1.54, 1.807) is 7.11 Å². The van der Waals surface area contributed by atoms with Crippen LogP contribution in [0, 0.1) is 0 Å². The molecule has 0 aromatic heterocycles. The van der Waals surface area contributed by atoms with Crippen molar-refractivity contribution in [1.29, 1.82) is 0 Å². The van der Waals surface area contributed by atoms with Gasteiger partial charge in [-0.2, -0.15) is 0 Å². The van der Waals surface area contributed by atoms with Gasteiger partial charge in [-0.1, -0.05) is 36.6 Å². The fourth-order valence-corrected chi connectivity index (χ4v) is 4.56. The maximum Gasteiger partial charge on any atom is 0.278 e. The van der Waals surface area contributed by atoms with E-state index in [-0.39, 0.29) is 5.60 Å². The average Bonchev–Trinajstić information content (AvgIpc) is 3.14. The molecule has 0 bridgehead atoms. The number of piperidine rings is 1. The van der Waals surface area contributed by atoms with E-state index >= 15 is 0 Å². The Morgan fingerprint density at radius 2 is 2.04 bits per heavy atom. The second-order valence-corrected chi connectivity index (χ2v) is 8.38. The van der Waals surface area contributed by atoms with Gasteiger partial charge in [-0.05, 0) is 37.2 Å². The minimum Gasteiger partial charge on any atom is -0.497 e. The summed E-state index contributed by atoms with van der Waals surface area (Å²) < 4.78 is 5.32. The number of hydrogen-bond acceptors (Lipinski definition) is 6. The first-order chi connectivity index (χ1) is 13.7. The number of rotatable bonds is 4. The second-order valence-electron chi connectivity index (χ2n) is 8.01. The second kappa shape index (κ2) is 8.66. The Morgan fingerprint density at radius 1 is 1.25 bits per heavy atom. The Labute approximate surface area is 172 Å². The topological polar surface area (TPSA) is 55.3 Å². The lowest BCUT2D eigenvalue weighted by Crippen LogP contribution is -2.47. The predicted octanol–water partition coefficient (Wildman–Crippen LogP) is 3.79. The summed E-state index contributed by atoms with van der Waals surface area (Å²) in [5.74, 6) is 0.836. The fourth-order valence-electron chi connectivity index (χ4n) is 4.29. The van der Waals surface area contributed by atoms with Gasteiger partial charge in [0.1, 0.15) is 11.4 Å². The molecule has 28 heavy (non-hydrogen) atoms. The highest BCUT2D eigenvalue weighted by Crippen LogP contribution is 2.36. The van der Waals surface area contributed by atoms with E-state index in [1.807, 2.05) is 23.3 Å². The zero-order chi connectivity index (χ0) is 19.4. The molecular formula is C21H29N3O3S. The summed E-state index contributed by atoms with van der Waals surface area (Å²) in [4.78, 5) is 11.8. The SMILES string of the molecule is COc1cccc(C2=NOC3(CCN(OC(=S)NC4CCCCC4)CC3)C2)c1. The maximum atomic E-state index is 5.91. The van der Waals surface area contributed by atoms with Crippen LogP contribution in [-0.2, 0) is 9.68 Å². The fraction of sp³-hybridized carbons (Fsp3) is 0.619. The average molecular weight is 404 g/mol. The third kappa shape index (κ3) is 4.58. The quantitative estimate of drug-likeness (QED) is 0.772. The third-order valence-electron chi connectivity index (χ3n) is 6.01. The van der Waals surface area contributed by atoms with Crippen molar-refractivity contribution >= 4 is 23.1 Å². The van der Waals surface area contributed by atoms with Crippen molar-refractivity contribution in [3.05, 3.63) is 29.8 Å². The molecule has 1 saturated heterocycles. The molecule has 0 atom stereocenters. The molecule has 1 aliphatic carbocycles. The minimum atomic E-state index is -0.226. The summed E-state index contributed by atoms with van der Waals surface area (Å²) in [6.45, 7) is 1.57. The molecule has 3 aliphatic rings. The summed E-state index contributed by atoms with van der Waals surface area (Å²) in [5.41, 5.74) is 1.83. The molecule has 0 unspecified atom stereocenters. The van der Waals surface area contributed by atoms with Gasteiger partial charge in [-0.15, -0.1) is 5.06 Å². The summed E-state index contributed by atoms with van der Waals surface area (Å²) in [7, 11) is 1.68. The molecule has 1 aromatic rings. The molecule has 2 heterocycles. The number of ether oxygens (including phenoxy) is 1. The van der Waals surface area contributed by atoms with E-state index in [2.05, 4.69) is 16.5 Å². The van der Waals surface area contributed by atoms with Crippen LogP contribution >= 0.6 is 12.2 Å². The van der Waals surface area contributed by atoms with E-state index in [9.17, 15) is 0 Å². The zero-order valence-electron chi connectivity index (χ0n) is 16.5. The molecule has 1 aromatic carbocycles. The van der Waals surface area contributed by atoms with Crippen molar-refractivity contribution in [1.82, 2.24) is 10.4 Å². The highest BCUT2D eigenvalue weighted by atomic mass is 32.1. The van der Waals surface area contributed by atoms with Crippen molar-refractivity contribution in [2.45, 2.75) is 63.0 Å². The zero-order valence-corrected chi connectivity index (χ0v) is 17.3. The normalized spacial score (nSPS) is 22.4. The van der Waals surface area contributed by atoms with Gasteiger partial charge < -0.3 is 19.7 Å². The first-order valence-electron chi connectivity index (χ1n) is 10.3.